The van der Waals surface area contributed by atoms with Crippen molar-refractivity contribution < 1.29 is 15.0 Å². The molecular weight excluding hydrogens is 134 g/mol. The van der Waals surface area contributed by atoms with E-state index >= 15 is 0 Å². The molecule has 10 heavy (non-hydrogen) atoms. The molecule has 2 unspecified atom stereocenters. The zero-order chi connectivity index (χ0) is 8.36. The van der Waals surface area contributed by atoms with Crippen molar-refractivity contribution in [3.05, 3.63) is 0 Å². The Kier molecular flexibility index (Phi) is 2.80. The van der Waals surface area contributed by atoms with Crippen LogP contribution in [0.1, 0.15) is 13.8 Å². The van der Waals surface area contributed by atoms with Crippen LogP contribution in [0.15, 0.2) is 0 Å². The Morgan fingerprint density at radius 2 is 2.10 bits per heavy atom. The van der Waals surface area contributed by atoms with Gasteiger partial charge in [0.25, 0.3) is 0 Å². The summed E-state index contributed by atoms with van der Waals surface area (Å²) in [6.45, 7) is 2.87. The number of hydrogen-bond donors (Lipinski definition) is 3. The van der Waals surface area contributed by atoms with Crippen molar-refractivity contribution in [1.29, 1.82) is 0 Å². The lowest BCUT2D eigenvalue weighted by molar-refractivity contribution is -0.159. The van der Waals surface area contributed by atoms with Gasteiger partial charge in [0.2, 0.25) is 0 Å². The largest absolute Gasteiger partial charge is 0.479 e. The summed E-state index contributed by atoms with van der Waals surface area (Å²) in [5.74, 6) is -1.21. The van der Waals surface area contributed by atoms with E-state index in [1.165, 1.54) is 6.92 Å². The summed E-state index contributed by atoms with van der Waals surface area (Å²) in [4.78, 5) is 10.3. The molecule has 0 bridgehead atoms. The van der Waals surface area contributed by atoms with Crippen molar-refractivity contribution >= 4 is 5.97 Å². The average molecular weight is 147 g/mol. The van der Waals surface area contributed by atoms with Crippen LogP contribution >= 0.6 is 0 Å². The lowest BCUT2D eigenvalue weighted by Crippen LogP contribution is -2.51. The molecule has 0 amide bonds. The van der Waals surface area contributed by atoms with Gasteiger partial charge in [0.1, 0.15) is 0 Å². The highest BCUT2D eigenvalue weighted by Crippen LogP contribution is 2.08. The second kappa shape index (κ2) is 2.98. The van der Waals surface area contributed by atoms with Crippen LogP contribution in [0, 0.1) is 0 Å². The Labute approximate surface area is 59.9 Å². The zero-order valence-corrected chi connectivity index (χ0v) is 6.38. The standard InChI is InChI=1S/C6H13NO3/c1-4(7-3)6(2,10)5(8)9/h4,7,10H,1-3H3,(H,8,9). The van der Waals surface area contributed by atoms with E-state index in [2.05, 4.69) is 5.32 Å². The number of carbonyl (C=O) groups is 1. The zero-order valence-electron chi connectivity index (χ0n) is 6.38. The summed E-state index contributed by atoms with van der Waals surface area (Å²) < 4.78 is 0. The first-order valence-electron chi connectivity index (χ1n) is 3.06. The molecule has 0 aromatic heterocycles. The van der Waals surface area contributed by atoms with Crippen molar-refractivity contribution in [3.63, 3.8) is 0 Å². The number of aliphatic carboxylic acids is 1. The van der Waals surface area contributed by atoms with Gasteiger partial charge in [-0.2, -0.15) is 0 Å². The summed E-state index contributed by atoms with van der Waals surface area (Å²) in [5, 5.41) is 20.3. The molecule has 2 atom stereocenters. The summed E-state index contributed by atoms with van der Waals surface area (Å²) in [5.41, 5.74) is -1.69. The van der Waals surface area contributed by atoms with E-state index in [9.17, 15) is 9.90 Å². The van der Waals surface area contributed by atoms with Crippen molar-refractivity contribution in [2.75, 3.05) is 7.05 Å². The van der Waals surface area contributed by atoms with E-state index in [-0.39, 0.29) is 0 Å². The lowest BCUT2D eigenvalue weighted by Gasteiger charge is -2.24. The third-order valence-electron chi connectivity index (χ3n) is 1.71. The maximum Gasteiger partial charge on any atom is 0.337 e. The molecule has 60 valence electrons. The molecule has 0 heterocycles. The fourth-order valence-corrected chi connectivity index (χ4v) is 0.466. The van der Waals surface area contributed by atoms with E-state index in [0.29, 0.717) is 0 Å². The number of aliphatic hydroxyl groups is 1. The quantitative estimate of drug-likeness (QED) is 0.500. The number of likely N-dealkylation sites (N-methyl/N-ethyl adjacent to an activating group) is 1. The third-order valence-corrected chi connectivity index (χ3v) is 1.71. The van der Waals surface area contributed by atoms with Gasteiger partial charge in [-0.3, -0.25) is 0 Å². The molecule has 0 aromatic carbocycles. The summed E-state index contributed by atoms with van der Waals surface area (Å²) in [7, 11) is 1.60. The van der Waals surface area contributed by atoms with Gasteiger partial charge in [0, 0.05) is 6.04 Å². The van der Waals surface area contributed by atoms with Gasteiger partial charge in [0.15, 0.2) is 5.60 Å². The van der Waals surface area contributed by atoms with Gasteiger partial charge in [0.05, 0.1) is 0 Å². The number of carboxylic acid groups (broad SMARTS) is 1. The highest BCUT2D eigenvalue weighted by atomic mass is 16.4. The fraction of sp³-hybridized carbons (Fsp3) is 0.833. The molecular formula is C6H13NO3. The molecule has 0 aliphatic rings. The topological polar surface area (TPSA) is 69.6 Å². The van der Waals surface area contributed by atoms with Gasteiger partial charge < -0.3 is 15.5 Å². The van der Waals surface area contributed by atoms with Gasteiger partial charge in [-0.05, 0) is 20.9 Å². The SMILES string of the molecule is CNC(C)C(C)(O)C(=O)O. The predicted molar refractivity (Wildman–Crippen MR) is 36.8 cm³/mol. The van der Waals surface area contributed by atoms with Crippen LogP contribution in [0.25, 0.3) is 0 Å². The van der Waals surface area contributed by atoms with Crippen LogP contribution in [0.4, 0.5) is 0 Å². The highest BCUT2D eigenvalue weighted by Gasteiger charge is 2.35. The molecule has 0 fully saturated rings. The maximum absolute atomic E-state index is 10.3. The Bertz CT molecular complexity index is 133. The van der Waals surface area contributed by atoms with E-state index in [4.69, 9.17) is 5.11 Å². The van der Waals surface area contributed by atoms with Crippen molar-refractivity contribution in [2.24, 2.45) is 0 Å². The number of rotatable bonds is 3. The predicted octanol–water partition coefficient (Wildman–Crippen LogP) is -0.570. The molecule has 0 saturated carbocycles. The highest BCUT2D eigenvalue weighted by molar-refractivity contribution is 5.77. The average Bonchev–Trinajstić information content (AvgIpc) is 1.86. The van der Waals surface area contributed by atoms with Crippen molar-refractivity contribution in [1.82, 2.24) is 5.32 Å². The van der Waals surface area contributed by atoms with Gasteiger partial charge in [-0.25, -0.2) is 4.79 Å². The van der Waals surface area contributed by atoms with Crippen molar-refractivity contribution in [3.8, 4) is 0 Å². The van der Waals surface area contributed by atoms with Crippen LogP contribution in [0.3, 0.4) is 0 Å². The summed E-state index contributed by atoms with van der Waals surface area (Å²) in [6, 6.07) is -0.454. The van der Waals surface area contributed by atoms with Crippen LogP contribution in [-0.4, -0.2) is 34.9 Å². The van der Waals surface area contributed by atoms with Crippen molar-refractivity contribution in [2.45, 2.75) is 25.5 Å². The second-order valence-electron chi connectivity index (χ2n) is 2.46. The fourth-order valence-electron chi connectivity index (χ4n) is 0.466. The van der Waals surface area contributed by atoms with Crippen LogP contribution in [0.2, 0.25) is 0 Å². The summed E-state index contributed by atoms with van der Waals surface area (Å²) >= 11 is 0. The molecule has 0 rings (SSSR count). The first-order valence-corrected chi connectivity index (χ1v) is 3.06. The minimum atomic E-state index is -1.69. The second-order valence-corrected chi connectivity index (χ2v) is 2.46. The smallest absolute Gasteiger partial charge is 0.337 e. The van der Waals surface area contributed by atoms with E-state index in [1.807, 2.05) is 0 Å². The molecule has 4 heteroatoms. The molecule has 0 spiro atoms. The van der Waals surface area contributed by atoms with Crippen LogP contribution in [-0.2, 0) is 4.79 Å². The van der Waals surface area contributed by atoms with E-state index < -0.39 is 17.6 Å². The van der Waals surface area contributed by atoms with Crippen LogP contribution < -0.4 is 5.32 Å². The van der Waals surface area contributed by atoms with Gasteiger partial charge >= 0.3 is 5.97 Å². The Balaban J connectivity index is 4.23. The Morgan fingerprint density at radius 3 is 2.20 bits per heavy atom. The van der Waals surface area contributed by atoms with E-state index in [0.717, 1.165) is 0 Å². The van der Waals surface area contributed by atoms with Gasteiger partial charge in [-0.15, -0.1) is 0 Å². The van der Waals surface area contributed by atoms with E-state index in [1.54, 1.807) is 14.0 Å². The van der Waals surface area contributed by atoms with Crippen LogP contribution in [0.5, 0.6) is 0 Å². The third kappa shape index (κ3) is 1.68. The normalized spacial score (nSPS) is 19.6. The Morgan fingerprint density at radius 1 is 1.70 bits per heavy atom. The molecule has 0 aromatic rings. The minimum absolute atomic E-state index is 0.454. The molecule has 0 radical (unpaired) electrons. The first-order chi connectivity index (χ1) is 4.42. The molecule has 0 saturated heterocycles. The molecule has 0 aliphatic carbocycles. The molecule has 4 nitrogen and oxygen atoms in total. The molecule has 0 aliphatic heterocycles. The number of hydrogen-bond acceptors (Lipinski definition) is 3. The number of carboxylic acids is 1. The molecule has 3 N–H and O–H groups in total. The van der Waals surface area contributed by atoms with Gasteiger partial charge in [-0.1, -0.05) is 0 Å². The number of nitrogens with one attached hydrogen (secondary N) is 1. The lowest BCUT2D eigenvalue weighted by atomic mass is 9.99. The maximum atomic E-state index is 10.3. The summed E-state index contributed by atoms with van der Waals surface area (Å²) in [6.07, 6.45) is 0. The minimum Gasteiger partial charge on any atom is -0.479 e. The monoisotopic (exact) mass is 147 g/mol. The first kappa shape index (κ1) is 9.39. The Hall–Kier alpha value is -0.610.